The van der Waals surface area contributed by atoms with Gasteiger partial charge in [-0.3, -0.25) is 4.79 Å². The Balaban J connectivity index is 2.21. The molecule has 1 amide bonds. The number of ether oxygens (including phenoxy) is 1. The van der Waals surface area contributed by atoms with Crippen molar-refractivity contribution in [2.24, 2.45) is 5.14 Å². The first-order valence-electron chi connectivity index (χ1n) is 6.78. The third kappa shape index (κ3) is 4.06. The average molecular weight is 325 g/mol. The molecule has 1 aromatic heterocycles. The van der Waals surface area contributed by atoms with Crippen molar-refractivity contribution in [3.05, 3.63) is 36.0 Å². The zero-order valence-corrected chi connectivity index (χ0v) is 13.1. The molecule has 0 unspecified atom stereocenters. The highest BCUT2D eigenvalue weighted by Gasteiger charge is 2.15. The van der Waals surface area contributed by atoms with Gasteiger partial charge in [0.2, 0.25) is 10.0 Å². The first-order chi connectivity index (χ1) is 10.4. The number of methoxy groups -OCH3 is 1. The molecule has 0 aliphatic carbocycles. The van der Waals surface area contributed by atoms with Crippen LogP contribution in [0.25, 0.3) is 10.9 Å². The number of amides is 1. The van der Waals surface area contributed by atoms with Crippen molar-refractivity contribution < 1.29 is 17.9 Å². The molecule has 22 heavy (non-hydrogen) atoms. The Labute approximate surface area is 129 Å². The van der Waals surface area contributed by atoms with Crippen molar-refractivity contribution in [1.82, 2.24) is 9.88 Å². The number of nitrogens with zero attached hydrogens (tertiary/aromatic N) is 1. The molecule has 0 radical (unpaired) electrons. The predicted molar refractivity (Wildman–Crippen MR) is 84.1 cm³/mol. The lowest BCUT2D eigenvalue weighted by molar-refractivity contribution is 0.0957. The summed E-state index contributed by atoms with van der Waals surface area (Å²) < 4.78 is 28.8. The molecule has 8 heteroatoms. The van der Waals surface area contributed by atoms with Gasteiger partial charge in [0, 0.05) is 37.3 Å². The number of para-hydroxylation sites is 1. The van der Waals surface area contributed by atoms with Gasteiger partial charge in [-0.2, -0.15) is 0 Å². The van der Waals surface area contributed by atoms with Crippen LogP contribution in [0.15, 0.2) is 30.5 Å². The number of aromatic nitrogens is 1. The van der Waals surface area contributed by atoms with Crippen molar-refractivity contribution >= 4 is 26.8 Å². The first kappa shape index (κ1) is 16.5. The highest BCUT2D eigenvalue weighted by molar-refractivity contribution is 7.89. The van der Waals surface area contributed by atoms with Gasteiger partial charge in [-0.05, 0) is 6.07 Å². The van der Waals surface area contributed by atoms with Crippen LogP contribution in [-0.2, 0) is 21.3 Å². The van der Waals surface area contributed by atoms with Crippen molar-refractivity contribution in [2.75, 3.05) is 26.0 Å². The summed E-state index contributed by atoms with van der Waals surface area (Å²) in [7, 11) is -1.97. The van der Waals surface area contributed by atoms with E-state index in [1.54, 1.807) is 13.3 Å². The third-order valence-electron chi connectivity index (χ3n) is 3.24. The van der Waals surface area contributed by atoms with Gasteiger partial charge in [0.25, 0.3) is 5.91 Å². The van der Waals surface area contributed by atoms with E-state index in [1.807, 2.05) is 28.8 Å². The summed E-state index contributed by atoms with van der Waals surface area (Å²) in [6.07, 6.45) is 1.75. The minimum atomic E-state index is -3.59. The maximum atomic E-state index is 12.2. The molecule has 0 aliphatic rings. The van der Waals surface area contributed by atoms with Crippen LogP contribution in [0.5, 0.6) is 0 Å². The van der Waals surface area contributed by atoms with E-state index in [0.717, 1.165) is 10.9 Å². The van der Waals surface area contributed by atoms with Crippen LogP contribution in [0, 0.1) is 0 Å². The molecule has 1 heterocycles. The van der Waals surface area contributed by atoms with E-state index in [0.29, 0.717) is 18.7 Å². The highest BCUT2D eigenvalue weighted by atomic mass is 32.2. The standard InChI is InChI=1S/C14H19N3O4S/c1-21-8-7-17-10-12(11-4-2-3-5-13(11)17)14(18)16-6-9-22(15,19)20/h2-5,10H,6-9H2,1H3,(H,16,18)(H2,15,19,20). The zero-order chi connectivity index (χ0) is 16.2. The average Bonchev–Trinajstić information content (AvgIpc) is 2.82. The number of primary sulfonamides is 1. The summed E-state index contributed by atoms with van der Waals surface area (Å²) in [6.45, 7) is 1.14. The zero-order valence-electron chi connectivity index (χ0n) is 12.3. The predicted octanol–water partition coefficient (Wildman–Crippen LogP) is 0.306. The number of hydrogen-bond acceptors (Lipinski definition) is 4. The van der Waals surface area contributed by atoms with Crippen LogP contribution in [-0.4, -0.2) is 44.9 Å². The molecular formula is C14H19N3O4S. The van der Waals surface area contributed by atoms with Crippen molar-refractivity contribution in [3.63, 3.8) is 0 Å². The monoisotopic (exact) mass is 325 g/mol. The quantitative estimate of drug-likeness (QED) is 0.764. The first-order valence-corrected chi connectivity index (χ1v) is 8.49. The van der Waals surface area contributed by atoms with E-state index in [4.69, 9.17) is 9.88 Å². The topological polar surface area (TPSA) is 103 Å². The van der Waals surface area contributed by atoms with E-state index in [1.165, 1.54) is 0 Å². The summed E-state index contributed by atoms with van der Waals surface area (Å²) in [4.78, 5) is 12.2. The molecule has 1 aromatic carbocycles. The van der Waals surface area contributed by atoms with Gasteiger partial charge in [0.1, 0.15) is 0 Å². The largest absolute Gasteiger partial charge is 0.383 e. The number of carbonyl (C=O) groups is 1. The summed E-state index contributed by atoms with van der Waals surface area (Å²) in [5.74, 6) is -0.614. The van der Waals surface area contributed by atoms with Gasteiger partial charge in [-0.1, -0.05) is 18.2 Å². The Kier molecular flexibility index (Phi) is 5.17. The number of nitrogens with two attached hydrogens (primary N) is 1. The van der Waals surface area contributed by atoms with Crippen LogP contribution < -0.4 is 10.5 Å². The smallest absolute Gasteiger partial charge is 0.253 e. The molecule has 2 rings (SSSR count). The molecule has 0 aliphatic heterocycles. The van der Waals surface area contributed by atoms with E-state index < -0.39 is 10.0 Å². The van der Waals surface area contributed by atoms with Crippen LogP contribution in [0.2, 0.25) is 0 Å². The minimum Gasteiger partial charge on any atom is -0.383 e. The number of carbonyl (C=O) groups excluding carboxylic acids is 1. The lowest BCUT2D eigenvalue weighted by atomic mass is 10.1. The number of nitrogens with one attached hydrogen (secondary N) is 1. The Hall–Kier alpha value is -1.90. The fraction of sp³-hybridized carbons (Fsp3) is 0.357. The van der Waals surface area contributed by atoms with E-state index in [2.05, 4.69) is 5.32 Å². The summed E-state index contributed by atoms with van der Waals surface area (Å²) in [6, 6.07) is 7.53. The van der Waals surface area contributed by atoms with E-state index in [-0.39, 0.29) is 18.2 Å². The highest BCUT2D eigenvalue weighted by Crippen LogP contribution is 2.21. The van der Waals surface area contributed by atoms with Gasteiger partial charge < -0.3 is 14.6 Å². The molecular weight excluding hydrogens is 306 g/mol. The van der Waals surface area contributed by atoms with E-state index in [9.17, 15) is 13.2 Å². The maximum Gasteiger partial charge on any atom is 0.253 e. The number of hydrogen-bond donors (Lipinski definition) is 2. The summed E-state index contributed by atoms with van der Waals surface area (Å²) in [5.41, 5.74) is 1.43. The molecule has 0 saturated carbocycles. The van der Waals surface area contributed by atoms with Gasteiger partial charge in [-0.15, -0.1) is 0 Å². The van der Waals surface area contributed by atoms with Crippen molar-refractivity contribution in [1.29, 1.82) is 0 Å². The minimum absolute atomic E-state index is 0.0186. The molecule has 0 atom stereocenters. The molecule has 0 saturated heterocycles. The normalized spacial score (nSPS) is 11.7. The number of sulfonamides is 1. The molecule has 2 aromatic rings. The van der Waals surface area contributed by atoms with Gasteiger partial charge >= 0.3 is 0 Å². The SMILES string of the molecule is COCCn1cc(C(=O)NCCS(N)(=O)=O)c2ccccc21. The second-order valence-electron chi connectivity index (χ2n) is 4.87. The van der Waals surface area contributed by atoms with Crippen molar-refractivity contribution in [2.45, 2.75) is 6.54 Å². The molecule has 3 N–H and O–H groups in total. The number of rotatable bonds is 7. The van der Waals surface area contributed by atoms with Crippen LogP contribution in [0.3, 0.4) is 0 Å². The molecule has 120 valence electrons. The Morgan fingerprint density at radius 2 is 2.09 bits per heavy atom. The maximum absolute atomic E-state index is 12.2. The van der Waals surface area contributed by atoms with Crippen molar-refractivity contribution in [3.8, 4) is 0 Å². The fourth-order valence-electron chi connectivity index (χ4n) is 2.20. The van der Waals surface area contributed by atoms with Crippen LogP contribution in [0.1, 0.15) is 10.4 Å². The van der Waals surface area contributed by atoms with Gasteiger partial charge in [-0.25, -0.2) is 13.6 Å². The Morgan fingerprint density at radius 1 is 1.36 bits per heavy atom. The lowest BCUT2D eigenvalue weighted by Crippen LogP contribution is -2.31. The van der Waals surface area contributed by atoms with E-state index >= 15 is 0 Å². The molecule has 7 nitrogen and oxygen atoms in total. The number of benzene rings is 1. The molecule has 0 bridgehead atoms. The fourth-order valence-corrected chi connectivity index (χ4v) is 2.59. The van der Waals surface area contributed by atoms with Crippen LogP contribution >= 0.6 is 0 Å². The number of fused-ring (bicyclic) bond motifs is 1. The van der Waals surface area contributed by atoms with Crippen LogP contribution in [0.4, 0.5) is 0 Å². The van der Waals surface area contributed by atoms with Gasteiger partial charge in [0.05, 0.1) is 17.9 Å². The Bertz CT molecular complexity index is 767. The van der Waals surface area contributed by atoms with Gasteiger partial charge in [0.15, 0.2) is 0 Å². The second-order valence-corrected chi connectivity index (χ2v) is 6.60. The lowest BCUT2D eigenvalue weighted by Gasteiger charge is -2.03. The summed E-state index contributed by atoms with van der Waals surface area (Å²) in [5, 5.41) is 8.30. The Morgan fingerprint density at radius 3 is 2.77 bits per heavy atom. The summed E-state index contributed by atoms with van der Waals surface area (Å²) >= 11 is 0. The molecule has 0 fully saturated rings. The molecule has 0 spiro atoms. The second kappa shape index (κ2) is 6.91. The third-order valence-corrected chi connectivity index (χ3v) is 4.01.